The summed E-state index contributed by atoms with van der Waals surface area (Å²) in [5.41, 5.74) is 0.00763. The molecule has 0 bridgehead atoms. The number of hydrogen-bond acceptors (Lipinski definition) is 3. The molecular weight excluding hydrogens is 206 g/mol. The molecule has 0 saturated carbocycles. The second-order valence-corrected chi connectivity index (χ2v) is 5.23. The molecule has 4 heteroatoms. The number of amides is 1. The lowest BCUT2D eigenvalue weighted by Gasteiger charge is -2.23. The van der Waals surface area contributed by atoms with Crippen LogP contribution in [0.2, 0.25) is 0 Å². The zero-order valence-corrected chi connectivity index (χ0v) is 11.0. The van der Waals surface area contributed by atoms with Crippen LogP contribution in [0.5, 0.6) is 0 Å². The van der Waals surface area contributed by atoms with Crippen molar-refractivity contribution in [3.8, 4) is 0 Å². The van der Waals surface area contributed by atoms with Crippen LogP contribution in [0.1, 0.15) is 40.0 Å². The second-order valence-electron chi connectivity index (χ2n) is 5.23. The van der Waals surface area contributed by atoms with Crippen molar-refractivity contribution in [3.05, 3.63) is 0 Å². The highest BCUT2D eigenvalue weighted by atomic mass is 16.5. The summed E-state index contributed by atoms with van der Waals surface area (Å²) in [6.45, 7) is 6.71. The molecule has 0 aromatic heterocycles. The number of methoxy groups -OCH3 is 1. The van der Waals surface area contributed by atoms with Crippen molar-refractivity contribution in [1.82, 2.24) is 4.90 Å². The van der Waals surface area contributed by atoms with Crippen molar-refractivity contribution in [3.63, 3.8) is 0 Å². The Morgan fingerprint density at radius 2 is 1.81 bits per heavy atom. The van der Waals surface area contributed by atoms with Crippen LogP contribution in [0, 0.1) is 5.41 Å². The van der Waals surface area contributed by atoms with Crippen molar-refractivity contribution < 1.29 is 14.3 Å². The Balaban J connectivity index is 3.84. The summed E-state index contributed by atoms with van der Waals surface area (Å²) in [6, 6.07) is 0. The maximum Gasteiger partial charge on any atom is 0.305 e. The van der Waals surface area contributed by atoms with Crippen LogP contribution >= 0.6 is 0 Å². The Labute approximate surface area is 98.0 Å². The fraction of sp³-hybridized carbons (Fsp3) is 0.833. The molecule has 0 aromatic rings. The molecule has 0 aromatic carbocycles. The molecule has 0 unspecified atom stereocenters. The van der Waals surface area contributed by atoms with Gasteiger partial charge in [0.05, 0.1) is 7.11 Å². The lowest BCUT2D eigenvalue weighted by Crippen LogP contribution is -2.31. The molecule has 1 amide bonds. The van der Waals surface area contributed by atoms with Gasteiger partial charge < -0.3 is 9.64 Å². The highest BCUT2D eigenvalue weighted by Crippen LogP contribution is 2.19. The monoisotopic (exact) mass is 229 g/mol. The van der Waals surface area contributed by atoms with Crippen molar-refractivity contribution in [2.75, 3.05) is 20.7 Å². The van der Waals surface area contributed by atoms with E-state index in [-0.39, 0.29) is 17.3 Å². The molecular formula is C12H23NO3. The summed E-state index contributed by atoms with van der Waals surface area (Å²) in [6.07, 6.45) is 1.55. The van der Waals surface area contributed by atoms with E-state index >= 15 is 0 Å². The van der Waals surface area contributed by atoms with Gasteiger partial charge in [-0.05, 0) is 11.8 Å². The standard InChI is InChI=1S/C12H23NO3/c1-12(2,3)9-10(14)13(4)8-6-7-11(15)16-5/h6-9H2,1-5H3. The summed E-state index contributed by atoms with van der Waals surface area (Å²) in [4.78, 5) is 24.3. The van der Waals surface area contributed by atoms with Crippen LogP contribution in [0.25, 0.3) is 0 Å². The van der Waals surface area contributed by atoms with E-state index in [0.29, 0.717) is 25.8 Å². The fourth-order valence-electron chi connectivity index (χ4n) is 1.28. The topological polar surface area (TPSA) is 46.6 Å². The van der Waals surface area contributed by atoms with Gasteiger partial charge in [-0.3, -0.25) is 9.59 Å². The number of carbonyl (C=O) groups is 2. The highest BCUT2D eigenvalue weighted by molar-refractivity contribution is 5.76. The van der Waals surface area contributed by atoms with Crippen LogP contribution in [-0.4, -0.2) is 37.5 Å². The third kappa shape index (κ3) is 7.26. The van der Waals surface area contributed by atoms with E-state index < -0.39 is 0 Å². The Morgan fingerprint density at radius 3 is 2.25 bits per heavy atom. The maximum absolute atomic E-state index is 11.7. The molecule has 4 nitrogen and oxygen atoms in total. The number of esters is 1. The van der Waals surface area contributed by atoms with Gasteiger partial charge in [0.15, 0.2) is 0 Å². The average molecular weight is 229 g/mol. The summed E-state index contributed by atoms with van der Waals surface area (Å²) in [7, 11) is 3.14. The molecule has 0 aliphatic rings. The van der Waals surface area contributed by atoms with E-state index in [1.54, 1.807) is 11.9 Å². The summed E-state index contributed by atoms with van der Waals surface area (Å²) < 4.78 is 4.53. The highest BCUT2D eigenvalue weighted by Gasteiger charge is 2.18. The minimum atomic E-state index is -0.225. The Morgan fingerprint density at radius 1 is 1.25 bits per heavy atom. The van der Waals surface area contributed by atoms with Crippen molar-refractivity contribution in [2.45, 2.75) is 40.0 Å². The molecule has 0 saturated heterocycles. The van der Waals surface area contributed by atoms with Crippen LogP contribution in [0.4, 0.5) is 0 Å². The SMILES string of the molecule is COC(=O)CCCN(C)C(=O)CC(C)(C)C. The molecule has 16 heavy (non-hydrogen) atoms. The zero-order valence-electron chi connectivity index (χ0n) is 11.0. The predicted octanol–water partition coefficient (Wildman–Crippen LogP) is 1.83. The molecule has 0 heterocycles. The van der Waals surface area contributed by atoms with E-state index in [0.717, 1.165) is 0 Å². The largest absolute Gasteiger partial charge is 0.469 e. The van der Waals surface area contributed by atoms with Crippen LogP contribution < -0.4 is 0 Å². The average Bonchev–Trinajstić information content (AvgIpc) is 2.14. The molecule has 0 fully saturated rings. The van der Waals surface area contributed by atoms with Gasteiger partial charge >= 0.3 is 5.97 Å². The molecule has 0 radical (unpaired) electrons. The molecule has 0 N–H and O–H groups in total. The Bertz CT molecular complexity index is 243. The number of rotatable bonds is 5. The molecule has 0 rings (SSSR count). The van der Waals surface area contributed by atoms with Crippen LogP contribution in [-0.2, 0) is 14.3 Å². The Kier molecular flexibility index (Phi) is 6.08. The third-order valence-corrected chi connectivity index (χ3v) is 2.21. The minimum absolute atomic E-state index is 0.00763. The first-order valence-corrected chi connectivity index (χ1v) is 5.57. The zero-order chi connectivity index (χ0) is 12.8. The van der Waals surface area contributed by atoms with Gasteiger partial charge in [-0.2, -0.15) is 0 Å². The normalized spacial score (nSPS) is 11.1. The third-order valence-electron chi connectivity index (χ3n) is 2.21. The summed E-state index contributed by atoms with van der Waals surface area (Å²) in [5.74, 6) is -0.103. The number of ether oxygens (including phenoxy) is 1. The lowest BCUT2D eigenvalue weighted by atomic mass is 9.91. The van der Waals surface area contributed by atoms with Crippen LogP contribution in [0.3, 0.4) is 0 Å². The number of nitrogens with zero attached hydrogens (tertiary/aromatic N) is 1. The minimum Gasteiger partial charge on any atom is -0.469 e. The second kappa shape index (κ2) is 6.51. The van der Waals surface area contributed by atoms with Gasteiger partial charge in [-0.1, -0.05) is 20.8 Å². The van der Waals surface area contributed by atoms with Crippen molar-refractivity contribution in [2.24, 2.45) is 5.41 Å². The molecule has 0 aliphatic heterocycles. The van der Waals surface area contributed by atoms with Gasteiger partial charge in [-0.25, -0.2) is 0 Å². The molecule has 0 aliphatic carbocycles. The smallest absolute Gasteiger partial charge is 0.305 e. The number of carbonyl (C=O) groups excluding carboxylic acids is 2. The fourth-order valence-corrected chi connectivity index (χ4v) is 1.28. The van der Waals surface area contributed by atoms with Gasteiger partial charge in [-0.15, -0.1) is 0 Å². The van der Waals surface area contributed by atoms with E-state index in [1.807, 2.05) is 20.8 Å². The van der Waals surface area contributed by atoms with E-state index in [9.17, 15) is 9.59 Å². The van der Waals surface area contributed by atoms with Crippen molar-refractivity contribution >= 4 is 11.9 Å². The molecule has 0 atom stereocenters. The van der Waals surface area contributed by atoms with Gasteiger partial charge in [0.2, 0.25) is 5.91 Å². The van der Waals surface area contributed by atoms with E-state index in [1.165, 1.54) is 7.11 Å². The maximum atomic E-state index is 11.7. The summed E-state index contributed by atoms with van der Waals surface area (Å²) >= 11 is 0. The van der Waals surface area contributed by atoms with Gasteiger partial charge in [0.1, 0.15) is 0 Å². The van der Waals surface area contributed by atoms with Crippen LogP contribution in [0.15, 0.2) is 0 Å². The Hall–Kier alpha value is -1.06. The first-order chi connectivity index (χ1) is 7.26. The first kappa shape index (κ1) is 14.9. The quantitative estimate of drug-likeness (QED) is 0.676. The van der Waals surface area contributed by atoms with E-state index in [4.69, 9.17) is 0 Å². The predicted molar refractivity (Wildman–Crippen MR) is 63.0 cm³/mol. The summed E-state index contributed by atoms with van der Waals surface area (Å²) in [5, 5.41) is 0. The molecule has 94 valence electrons. The van der Waals surface area contributed by atoms with E-state index in [2.05, 4.69) is 4.74 Å². The lowest BCUT2D eigenvalue weighted by molar-refractivity contribution is -0.141. The van der Waals surface area contributed by atoms with Crippen molar-refractivity contribution in [1.29, 1.82) is 0 Å². The number of hydrogen-bond donors (Lipinski definition) is 0. The molecule has 0 spiro atoms. The first-order valence-electron chi connectivity index (χ1n) is 5.57. The van der Waals surface area contributed by atoms with Gasteiger partial charge in [0.25, 0.3) is 0 Å². The van der Waals surface area contributed by atoms with Gasteiger partial charge in [0, 0.05) is 26.4 Å².